The average Bonchev–Trinajstić information content (AvgIpc) is 2.59. The first kappa shape index (κ1) is 11.9. The molecule has 3 nitrogen and oxygen atoms in total. The molecule has 0 aliphatic carbocycles. The van der Waals surface area contributed by atoms with E-state index >= 15 is 0 Å². The Hall–Kier alpha value is -0.160. The Morgan fingerprint density at radius 1 is 1.71 bits per heavy atom. The smallest absolute Gasteiger partial charge is 0.113 e. The Kier molecular flexibility index (Phi) is 5.40. The summed E-state index contributed by atoms with van der Waals surface area (Å²) in [7, 11) is 1.71. The summed E-state index contributed by atoms with van der Waals surface area (Å²) < 4.78 is 5.82. The van der Waals surface area contributed by atoms with Crippen LogP contribution in [0.2, 0.25) is 4.34 Å². The van der Waals surface area contributed by atoms with Gasteiger partial charge in [-0.15, -0.1) is 11.3 Å². The van der Waals surface area contributed by atoms with Crippen LogP contribution in [0, 0.1) is 0 Å². The fourth-order valence-electron chi connectivity index (χ4n) is 1.12. The minimum Gasteiger partial charge on any atom is -0.383 e. The molecule has 1 unspecified atom stereocenters. The van der Waals surface area contributed by atoms with Gasteiger partial charge in [0.25, 0.3) is 0 Å². The van der Waals surface area contributed by atoms with Crippen molar-refractivity contribution in [1.82, 2.24) is 10.3 Å². The summed E-state index contributed by atoms with van der Waals surface area (Å²) in [5.41, 5.74) is 0. The number of nitrogens with zero attached hydrogens (tertiary/aromatic N) is 1. The summed E-state index contributed by atoms with van der Waals surface area (Å²) in [5, 5.41) is 4.38. The Balaban J connectivity index is 2.31. The van der Waals surface area contributed by atoms with E-state index in [1.54, 1.807) is 13.3 Å². The van der Waals surface area contributed by atoms with E-state index in [0.717, 1.165) is 28.9 Å². The van der Waals surface area contributed by atoms with Gasteiger partial charge in [0.05, 0.1) is 12.8 Å². The molecule has 80 valence electrons. The minimum absolute atomic E-state index is 0.391. The second-order valence-corrected chi connectivity index (χ2v) is 4.75. The predicted molar refractivity (Wildman–Crippen MR) is 59.9 cm³/mol. The molecule has 0 radical (unpaired) electrons. The maximum absolute atomic E-state index is 5.77. The van der Waals surface area contributed by atoms with Crippen molar-refractivity contribution in [1.29, 1.82) is 0 Å². The molecule has 1 atom stereocenters. The van der Waals surface area contributed by atoms with E-state index in [1.807, 2.05) is 0 Å². The molecule has 0 saturated heterocycles. The molecule has 0 aliphatic heterocycles. The Bertz CT molecular complexity index is 267. The maximum atomic E-state index is 5.77. The molecular weight excluding hydrogens is 220 g/mol. The highest BCUT2D eigenvalue weighted by Crippen LogP contribution is 2.17. The third kappa shape index (κ3) is 3.92. The minimum atomic E-state index is 0.391. The van der Waals surface area contributed by atoms with Crippen molar-refractivity contribution in [3.63, 3.8) is 0 Å². The molecule has 0 aliphatic rings. The maximum Gasteiger partial charge on any atom is 0.113 e. The normalized spacial score (nSPS) is 13.1. The van der Waals surface area contributed by atoms with Crippen molar-refractivity contribution in [3.8, 4) is 0 Å². The number of hydrogen-bond acceptors (Lipinski definition) is 4. The van der Waals surface area contributed by atoms with E-state index in [0.29, 0.717) is 6.04 Å². The van der Waals surface area contributed by atoms with Crippen molar-refractivity contribution in [2.24, 2.45) is 0 Å². The molecule has 0 spiro atoms. The van der Waals surface area contributed by atoms with Gasteiger partial charge in [0, 0.05) is 19.7 Å². The van der Waals surface area contributed by atoms with Crippen LogP contribution >= 0.6 is 22.9 Å². The zero-order valence-electron chi connectivity index (χ0n) is 8.42. The Morgan fingerprint density at radius 2 is 2.50 bits per heavy atom. The zero-order chi connectivity index (χ0) is 10.4. The molecule has 0 amide bonds. The number of aromatic nitrogens is 1. The van der Waals surface area contributed by atoms with Crippen molar-refractivity contribution < 1.29 is 4.74 Å². The van der Waals surface area contributed by atoms with E-state index in [-0.39, 0.29) is 0 Å². The molecule has 0 aromatic carbocycles. The average molecular weight is 235 g/mol. The van der Waals surface area contributed by atoms with Gasteiger partial charge in [0.1, 0.15) is 9.34 Å². The van der Waals surface area contributed by atoms with Crippen LogP contribution in [-0.4, -0.2) is 24.7 Å². The second-order valence-electron chi connectivity index (χ2n) is 3.00. The first-order chi connectivity index (χ1) is 6.76. The van der Waals surface area contributed by atoms with Gasteiger partial charge in [-0.1, -0.05) is 18.5 Å². The van der Waals surface area contributed by atoms with Crippen LogP contribution < -0.4 is 5.32 Å². The lowest BCUT2D eigenvalue weighted by Gasteiger charge is -2.14. The van der Waals surface area contributed by atoms with Gasteiger partial charge in [-0.05, 0) is 6.42 Å². The van der Waals surface area contributed by atoms with E-state index in [9.17, 15) is 0 Å². The number of methoxy groups -OCH3 is 1. The molecule has 1 aromatic heterocycles. The molecule has 5 heteroatoms. The van der Waals surface area contributed by atoms with Gasteiger partial charge in [-0.25, -0.2) is 4.98 Å². The number of rotatable bonds is 6. The van der Waals surface area contributed by atoms with Gasteiger partial charge in [-0.3, -0.25) is 0 Å². The lowest BCUT2D eigenvalue weighted by atomic mass is 10.2. The fraction of sp³-hybridized carbons (Fsp3) is 0.667. The molecule has 1 aromatic rings. The first-order valence-electron chi connectivity index (χ1n) is 4.58. The summed E-state index contributed by atoms with van der Waals surface area (Å²) in [6.07, 6.45) is 2.73. The van der Waals surface area contributed by atoms with E-state index in [4.69, 9.17) is 16.3 Å². The topological polar surface area (TPSA) is 34.1 Å². The third-order valence-corrected chi connectivity index (χ3v) is 3.04. The standard InChI is InChI=1S/C9H15ClN2OS/c1-3-7(6-13-2)11-5-9-12-4-8(10)14-9/h4,7,11H,3,5-6H2,1-2H3. The third-order valence-electron chi connectivity index (χ3n) is 1.93. The van der Waals surface area contributed by atoms with Crippen LogP contribution in [0.15, 0.2) is 6.20 Å². The Labute approximate surface area is 93.4 Å². The second kappa shape index (κ2) is 6.35. The molecule has 1 rings (SSSR count). The van der Waals surface area contributed by atoms with Crippen molar-refractivity contribution in [3.05, 3.63) is 15.5 Å². The summed E-state index contributed by atoms with van der Waals surface area (Å²) in [6.45, 7) is 3.63. The van der Waals surface area contributed by atoms with Gasteiger partial charge in [0.2, 0.25) is 0 Å². The first-order valence-corrected chi connectivity index (χ1v) is 5.78. The summed E-state index contributed by atoms with van der Waals surface area (Å²) in [6, 6.07) is 0.391. The van der Waals surface area contributed by atoms with E-state index < -0.39 is 0 Å². The molecule has 14 heavy (non-hydrogen) atoms. The van der Waals surface area contributed by atoms with Gasteiger partial charge in [-0.2, -0.15) is 0 Å². The summed E-state index contributed by atoms with van der Waals surface area (Å²) >= 11 is 7.28. The number of ether oxygens (including phenoxy) is 1. The van der Waals surface area contributed by atoms with Crippen molar-refractivity contribution in [2.75, 3.05) is 13.7 Å². The molecule has 0 bridgehead atoms. The quantitative estimate of drug-likeness (QED) is 0.820. The van der Waals surface area contributed by atoms with Gasteiger partial charge in [0.15, 0.2) is 0 Å². The SMILES string of the molecule is CCC(COC)NCc1ncc(Cl)s1. The van der Waals surface area contributed by atoms with Gasteiger partial charge < -0.3 is 10.1 Å². The number of hydrogen-bond donors (Lipinski definition) is 1. The van der Waals surface area contributed by atoms with E-state index in [2.05, 4.69) is 17.2 Å². The molecule has 1 heterocycles. The highest BCUT2D eigenvalue weighted by atomic mass is 35.5. The molecule has 0 fully saturated rings. The number of halogens is 1. The molecule has 0 saturated carbocycles. The highest BCUT2D eigenvalue weighted by Gasteiger charge is 2.06. The fourth-order valence-corrected chi connectivity index (χ4v) is 2.03. The number of thiazole rings is 1. The molecular formula is C9H15ClN2OS. The summed E-state index contributed by atoms with van der Waals surface area (Å²) in [4.78, 5) is 4.17. The monoisotopic (exact) mass is 234 g/mol. The zero-order valence-corrected chi connectivity index (χ0v) is 9.99. The van der Waals surface area contributed by atoms with Crippen LogP contribution in [-0.2, 0) is 11.3 Å². The van der Waals surface area contributed by atoms with Crippen molar-refractivity contribution in [2.45, 2.75) is 25.9 Å². The van der Waals surface area contributed by atoms with E-state index in [1.165, 1.54) is 11.3 Å². The van der Waals surface area contributed by atoms with Crippen LogP contribution in [0.4, 0.5) is 0 Å². The van der Waals surface area contributed by atoms with Gasteiger partial charge >= 0.3 is 0 Å². The largest absolute Gasteiger partial charge is 0.383 e. The van der Waals surface area contributed by atoms with Crippen LogP contribution in [0.3, 0.4) is 0 Å². The van der Waals surface area contributed by atoms with Crippen LogP contribution in [0.25, 0.3) is 0 Å². The van der Waals surface area contributed by atoms with Crippen LogP contribution in [0.1, 0.15) is 18.4 Å². The predicted octanol–water partition coefficient (Wildman–Crippen LogP) is 2.31. The van der Waals surface area contributed by atoms with Crippen molar-refractivity contribution >= 4 is 22.9 Å². The lowest BCUT2D eigenvalue weighted by molar-refractivity contribution is 0.164. The number of nitrogens with one attached hydrogen (secondary N) is 1. The molecule has 1 N–H and O–H groups in total. The van der Waals surface area contributed by atoms with Crippen LogP contribution in [0.5, 0.6) is 0 Å². The highest BCUT2D eigenvalue weighted by molar-refractivity contribution is 7.15. The Morgan fingerprint density at radius 3 is 3.00 bits per heavy atom. The summed E-state index contributed by atoms with van der Waals surface area (Å²) in [5.74, 6) is 0. The lowest BCUT2D eigenvalue weighted by Crippen LogP contribution is -2.31.